The molecule has 0 unspecified atom stereocenters. The van der Waals surface area contributed by atoms with Crippen LogP contribution in [0, 0.1) is 0 Å². The second-order valence-electron chi connectivity index (χ2n) is 2.10. The van der Waals surface area contributed by atoms with E-state index in [4.69, 9.17) is 17.3 Å². The minimum Gasteiger partial charge on any atom is -0.508 e. The summed E-state index contributed by atoms with van der Waals surface area (Å²) in [6.45, 7) is 0.291. The number of phenols is 1. The smallest absolute Gasteiger partial charge is 0.121 e. The first kappa shape index (κ1) is 8.84. The van der Waals surface area contributed by atoms with Crippen LogP contribution in [0.5, 0.6) is 5.75 Å². The summed E-state index contributed by atoms with van der Waals surface area (Å²) >= 11 is 8.93. The number of aromatic hydroxyl groups is 1. The number of hydrogen-bond donors (Lipinski definition) is 2. The zero-order valence-electron chi connectivity index (χ0n) is 5.64. The maximum absolute atomic E-state index is 9.25. The zero-order valence-corrected chi connectivity index (χ0v) is 7.98. The number of halogens is 2. The molecule has 0 aromatic heterocycles. The minimum atomic E-state index is 0.170. The van der Waals surface area contributed by atoms with Crippen LogP contribution in [0.4, 0.5) is 0 Å². The summed E-state index contributed by atoms with van der Waals surface area (Å²) in [4.78, 5) is 0. The standard InChI is InChI=1S/C7H7BrClNO/c8-5-2-7(11)4(3-10)1-6(5)9/h1-2,11H,3,10H2. The van der Waals surface area contributed by atoms with Gasteiger partial charge in [-0.15, -0.1) is 0 Å². The van der Waals surface area contributed by atoms with Gasteiger partial charge >= 0.3 is 0 Å². The van der Waals surface area contributed by atoms with Crippen molar-refractivity contribution in [2.24, 2.45) is 5.73 Å². The average Bonchev–Trinajstić information content (AvgIpc) is 1.97. The summed E-state index contributed by atoms with van der Waals surface area (Å²) < 4.78 is 0.675. The van der Waals surface area contributed by atoms with Crippen LogP contribution in [0.2, 0.25) is 5.02 Å². The zero-order chi connectivity index (χ0) is 8.43. The van der Waals surface area contributed by atoms with E-state index in [2.05, 4.69) is 15.9 Å². The van der Waals surface area contributed by atoms with E-state index in [1.54, 1.807) is 6.07 Å². The predicted octanol–water partition coefficient (Wildman–Crippen LogP) is 2.27. The highest BCUT2D eigenvalue weighted by Gasteiger charge is 2.03. The van der Waals surface area contributed by atoms with Gasteiger partial charge in [0.1, 0.15) is 5.75 Å². The number of rotatable bonds is 1. The highest BCUT2D eigenvalue weighted by molar-refractivity contribution is 9.10. The number of phenolic OH excluding ortho intramolecular Hbond substituents is 1. The Morgan fingerprint density at radius 1 is 1.55 bits per heavy atom. The van der Waals surface area contributed by atoms with Crippen molar-refractivity contribution >= 4 is 27.5 Å². The third-order valence-electron chi connectivity index (χ3n) is 1.34. The Hall–Kier alpha value is -0.250. The lowest BCUT2D eigenvalue weighted by Gasteiger charge is -2.02. The number of hydrogen-bond acceptors (Lipinski definition) is 2. The van der Waals surface area contributed by atoms with E-state index >= 15 is 0 Å². The summed E-state index contributed by atoms with van der Waals surface area (Å²) in [5.41, 5.74) is 5.99. The Morgan fingerprint density at radius 3 is 2.73 bits per heavy atom. The van der Waals surface area contributed by atoms with E-state index in [1.807, 2.05) is 0 Å². The Labute approximate surface area is 78.1 Å². The number of benzene rings is 1. The van der Waals surface area contributed by atoms with Crippen LogP contribution < -0.4 is 5.73 Å². The molecule has 1 aromatic rings. The molecule has 0 atom stereocenters. The fourth-order valence-corrected chi connectivity index (χ4v) is 1.26. The molecule has 0 spiro atoms. The molecular weight excluding hydrogens is 229 g/mol. The number of nitrogens with two attached hydrogens (primary N) is 1. The molecule has 0 bridgehead atoms. The molecule has 60 valence electrons. The van der Waals surface area contributed by atoms with Crippen molar-refractivity contribution < 1.29 is 5.11 Å². The molecule has 2 nitrogen and oxygen atoms in total. The molecule has 0 saturated heterocycles. The predicted molar refractivity (Wildman–Crippen MR) is 48.7 cm³/mol. The lowest BCUT2D eigenvalue weighted by molar-refractivity contribution is 0.468. The monoisotopic (exact) mass is 235 g/mol. The van der Waals surface area contributed by atoms with Gasteiger partial charge in [0.2, 0.25) is 0 Å². The van der Waals surface area contributed by atoms with E-state index in [9.17, 15) is 5.11 Å². The molecule has 1 aromatic carbocycles. The van der Waals surface area contributed by atoms with Crippen LogP contribution in [-0.4, -0.2) is 5.11 Å². The molecule has 0 heterocycles. The van der Waals surface area contributed by atoms with Crippen molar-refractivity contribution in [3.05, 3.63) is 27.2 Å². The van der Waals surface area contributed by atoms with Crippen LogP contribution in [0.25, 0.3) is 0 Å². The molecule has 1 rings (SSSR count). The van der Waals surface area contributed by atoms with Crippen molar-refractivity contribution in [2.75, 3.05) is 0 Å². The third-order valence-corrected chi connectivity index (χ3v) is 2.54. The van der Waals surface area contributed by atoms with E-state index in [1.165, 1.54) is 6.07 Å². The fourth-order valence-electron chi connectivity index (χ4n) is 0.741. The van der Waals surface area contributed by atoms with Crippen molar-refractivity contribution in [1.29, 1.82) is 0 Å². The van der Waals surface area contributed by atoms with E-state index < -0.39 is 0 Å². The Balaban J connectivity index is 3.21. The molecule has 0 aliphatic carbocycles. The van der Waals surface area contributed by atoms with Gasteiger partial charge in [0.05, 0.1) is 5.02 Å². The first-order chi connectivity index (χ1) is 5.15. The van der Waals surface area contributed by atoms with E-state index in [0.29, 0.717) is 21.6 Å². The van der Waals surface area contributed by atoms with Gasteiger partial charge in [-0.05, 0) is 28.1 Å². The van der Waals surface area contributed by atoms with Gasteiger partial charge in [-0.2, -0.15) is 0 Å². The highest BCUT2D eigenvalue weighted by Crippen LogP contribution is 2.29. The van der Waals surface area contributed by atoms with Crippen LogP contribution in [0.1, 0.15) is 5.56 Å². The van der Waals surface area contributed by atoms with Gasteiger partial charge in [0.25, 0.3) is 0 Å². The third kappa shape index (κ3) is 1.86. The lowest BCUT2D eigenvalue weighted by Crippen LogP contribution is -1.96. The van der Waals surface area contributed by atoms with Crippen LogP contribution in [0.3, 0.4) is 0 Å². The average molecular weight is 236 g/mol. The van der Waals surface area contributed by atoms with Crippen molar-refractivity contribution in [1.82, 2.24) is 0 Å². The molecular formula is C7H7BrClNO. The van der Waals surface area contributed by atoms with Gasteiger partial charge in [-0.25, -0.2) is 0 Å². The normalized spacial score (nSPS) is 10.1. The second kappa shape index (κ2) is 3.43. The summed E-state index contributed by atoms with van der Waals surface area (Å²) in [7, 11) is 0. The summed E-state index contributed by atoms with van der Waals surface area (Å²) in [5.74, 6) is 0.170. The van der Waals surface area contributed by atoms with Crippen molar-refractivity contribution in [3.63, 3.8) is 0 Å². The fraction of sp³-hybridized carbons (Fsp3) is 0.143. The molecule has 0 radical (unpaired) electrons. The Kier molecular flexibility index (Phi) is 2.76. The van der Waals surface area contributed by atoms with Crippen LogP contribution >= 0.6 is 27.5 Å². The Morgan fingerprint density at radius 2 is 2.18 bits per heavy atom. The lowest BCUT2D eigenvalue weighted by atomic mass is 10.2. The molecule has 4 heteroatoms. The van der Waals surface area contributed by atoms with Gasteiger partial charge in [0, 0.05) is 16.6 Å². The molecule has 0 aliphatic heterocycles. The SMILES string of the molecule is NCc1cc(Cl)c(Br)cc1O. The van der Waals surface area contributed by atoms with Crippen molar-refractivity contribution in [3.8, 4) is 5.75 Å². The van der Waals surface area contributed by atoms with Crippen LogP contribution in [-0.2, 0) is 6.54 Å². The molecule has 11 heavy (non-hydrogen) atoms. The van der Waals surface area contributed by atoms with Gasteiger partial charge in [-0.3, -0.25) is 0 Å². The van der Waals surface area contributed by atoms with E-state index in [0.717, 1.165) is 0 Å². The van der Waals surface area contributed by atoms with Gasteiger partial charge in [0.15, 0.2) is 0 Å². The van der Waals surface area contributed by atoms with Gasteiger partial charge < -0.3 is 10.8 Å². The first-order valence-corrected chi connectivity index (χ1v) is 4.19. The largest absolute Gasteiger partial charge is 0.508 e. The molecule has 0 fully saturated rings. The highest BCUT2D eigenvalue weighted by atomic mass is 79.9. The first-order valence-electron chi connectivity index (χ1n) is 3.02. The van der Waals surface area contributed by atoms with Gasteiger partial charge in [-0.1, -0.05) is 11.6 Å². The summed E-state index contributed by atoms with van der Waals surface area (Å²) in [6, 6.07) is 3.17. The Bertz CT molecular complexity index is 277. The topological polar surface area (TPSA) is 46.2 Å². The molecule has 0 aliphatic rings. The van der Waals surface area contributed by atoms with Crippen LogP contribution in [0.15, 0.2) is 16.6 Å². The second-order valence-corrected chi connectivity index (χ2v) is 3.36. The maximum atomic E-state index is 9.25. The van der Waals surface area contributed by atoms with Crippen molar-refractivity contribution in [2.45, 2.75) is 6.54 Å². The van der Waals surface area contributed by atoms with E-state index in [-0.39, 0.29) is 5.75 Å². The quantitative estimate of drug-likeness (QED) is 0.786. The maximum Gasteiger partial charge on any atom is 0.121 e. The molecule has 3 N–H and O–H groups in total. The summed E-state index contributed by atoms with van der Waals surface area (Å²) in [5, 5.41) is 9.81. The molecule has 0 saturated carbocycles. The molecule has 0 amide bonds. The summed E-state index contributed by atoms with van der Waals surface area (Å²) in [6.07, 6.45) is 0. The minimum absolute atomic E-state index is 0.170.